The number of ether oxygens (including phenoxy) is 2. The first kappa shape index (κ1) is 20.4. The first-order valence-electron chi connectivity index (χ1n) is 9.75. The number of hydrogen-bond donors (Lipinski definition) is 2. The molecule has 3 aromatic rings. The summed E-state index contributed by atoms with van der Waals surface area (Å²) in [6.45, 7) is -0.254. The van der Waals surface area contributed by atoms with Crippen LogP contribution in [-0.4, -0.2) is 36.4 Å². The summed E-state index contributed by atoms with van der Waals surface area (Å²) in [5.41, 5.74) is 4.32. The molecular formula is C24H20FNO5. The number of aliphatic carboxylic acids is 1. The molecule has 0 heterocycles. The highest BCUT2D eigenvalue weighted by molar-refractivity contribution is 5.81. The van der Waals surface area contributed by atoms with Gasteiger partial charge in [0.1, 0.15) is 24.8 Å². The molecule has 2 N–H and O–H groups in total. The molecule has 158 valence electrons. The lowest BCUT2D eigenvalue weighted by Crippen LogP contribution is -2.45. The number of rotatable bonds is 7. The van der Waals surface area contributed by atoms with Gasteiger partial charge in [-0.2, -0.15) is 0 Å². The Kier molecular flexibility index (Phi) is 5.84. The van der Waals surface area contributed by atoms with Gasteiger partial charge in [0.2, 0.25) is 0 Å². The van der Waals surface area contributed by atoms with Crippen molar-refractivity contribution < 1.29 is 28.6 Å². The van der Waals surface area contributed by atoms with Crippen LogP contribution in [0.15, 0.2) is 72.8 Å². The zero-order valence-electron chi connectivity index (χ0n) is 16.5. The highest BCUT2D eigenvalue weighted by Crippen LogP contribution is 2.44. The molecule has 0 unspecified atom stereocenters. The fourth-order valence-corrected chi connectivity index (χ4v) is 3.67. The monoisotopic (exact) mass is 421 g/mol. The molecule has 3 aromatic carbocycles. The van der Waals surface area contributed by atoms with E-state index in [-0.39, 0.29) is 19.1 Å². The summed E-state index contributed by atoms with van der Waals surface area (Å²) < 4.78 is 23.7. The second kappa shape index (κ2) is 8.87. The number of hydrogen-bond acceptors (Lipinski definition) is 4. The van der Waals surface area contributed by atoms with Crippen LogP contribution in [0, 0.1) is 5.82 Å². The van der Waals surface area contributed by atoms with Crippen molar-refractivity contribution in [3.63, 3.8) is 0 Å². The van der Waals surface area contributed by atoms with Crippen LogP contribution in [-0.2, 0) is 9.53 Å². The Hall–Kier alpha value is -3.87. The van der Waals surface area contributed by atoms with E-state index in [0.29, 0.717) is 5.75 Å². The summed E-state index contributed by atoms with van der Waals surface area (Å²) in [7, 11) is 0. The molecule has 7 heteroatoms. The number of alkyl carbamates (subject to hydrolysis) is 1. The average molecular weight is 421 g/mol. The van der Waals surface area contributed by atoms with Gasteiger partial charge in [0, 0.05) is 5.92 Å². The zero-order chi connectivity index (χ0) is 21.8. The van der Waals surface area contributed by atoms with Crippen LogP contribution in [0.4, 0.5) is 9.18 Å². The Balaban J connectivity index is 1.38. The second-order valence-corrected chi connectivity index (χ2v) is 7.13. The Bertz CT molecular complexity index is 1050. The van der Waals surface area contributed by atoms with Gasteiger partial charge >= 0.3 is 12.1 Å². The van der Waals surface area contributed by atoms with Crippen LogP contribution in [0.5, 0.6) is 5.75 Å². The molecule has 0 aliphatic heterocycles. The predicted octanol–water partition coefficient (Wildman–Crippen LogP) is 4.20. The number of carboxylic acids is 1. The Morgan fingerprint density at radius 1 is 0.935 bits per heavy atom. The maximum atomic E-state index is 13.0. The van der Waals surface area contributed by atoms with E-state index < -0.39 is 23.9 Å². The minimum absolute atomic E-state index is 0.0744. The average Bonchev–Trinajstić information content (AvgIpc) is 3.10. The van der Waals surface area contributed by atoms with Gasteiger partial charge in [0.15, 0.2) is 6.04 Å². The molecule has 1 aliphatic carbocycles. The third kappa shape index (κ3) is 4.50. The smallest absolute Gasteiger partial charge is 0.407 e. The minimum Gasteiger partial charge on any atom is -0.491 e. The van der Waals surface area contributed by atoms with Crippen molar-refractivity contribution in [1.29, 1.82) is 0 Å². The highest BCUT2D eigenvalue weighted by atomic mass is 19.1. The van der Waals surface area contributed by atoms with Crippen LogP contribution in [0.3, 0.4) is 0 Å². The number of benzene rings is 3. The van der Waals surface area contributed by atoms with E-state index in [1.807, 2.05) is 48.5 Å². The maximum absolute atomic E-state index is 13.0. The van der Waals surface area contributed by atoms with E-state index in [2.05, 4.69) is 5.32 Å². The Morgan fingerprint density at radius 2 is 1.52 bits per heavy atom. The highest BCUT2D eigenvalue weighted by Gasteiger charge is 2.29. The maximum Gasteiger partial charge on any atom is 0.407 e. The van der Waals surface area contributed by atoms with Gasteiger partial charge in [-0.15, -0.1) is 0 Å². The largest absolute Gasteiger partial charge is 0.491 e. The summed E-state index contributed by atoms with van der Waals surface area (Å²) in [4.78, 5) is 23.8. The van der Waals surface area contributed by atoms with Crippen molar-refractivity contribution in [2.24, 2.45) is 0 Å². The summed E-state index contributed by atoms with van der Waals surface area (Å²) in [5.74, 6) is -1.53. The fraction of sp³-hybridized carbons (Fsp3) is 0.167. The molecule has 31 heavy (non-hydrogen) atoms. The lowest BCUT2D eigenvalue weighted by molar-refractivity contribution is -0.140. The van der Waals surface area contributed by atoms with E-state index in [1.165, 1.54) is 24.3 Å². The Labute approximate surface area is 178 Å². The zero-order valence-corrected chi connectivity index (χ0v) is 16.5. The number of nitrogens with one attached hydrogen (secondary N) is 1. The van der Waals surface area contributed by atoms with E-state index in [1.54, 1.807) is 0 Å². The van der Waals surface area contributed by atoms with E-state index >= 15 is 0 Å². The van der Waals surface area contributed by atoms with Gasteiger partial charge in [0.05, 0.1) is 0 Å². The normalized spacial score (nSPS) is 13.1. The van der Waals surface area contributed by atoms with E-state index in [4.69, 9.17) is 9.47 Å². The van der Waals surface area contributed by atoms with Gasteiger partial charge in [0.25, 0.3) is 0 Å². The van der Waals surface area contributed by atoms with Gasteiger partial charge in [-0.05, 0) is 46.5 Å². The molecule has 0 radical (unpaired) electrons. The van der Waals surface area contributed by atoms with Crippen LogP contribution in [0.1, 0.15) is 17.0 Å². The number of carboxylic acid groups (broad SMARTS) is 1. The first-order chi connectivity index (χ1) is 15.0. The van der Waals surface area contributed by atoms with Crippen LogP contribution in [0.25, 0.3) is 11.1 Å². The molecule has 0 bridgehead atoms. The lowest BCUT2D eigenvalue weighted by Gasteiger charge is -2.18. The van der Waals surface area contributed by atoms with Gasteiger partial charge in [-0.3, -0.25) is 0 Å². The van der Waals surface area contributed by atoms with Crippen LogP contribution < -0.4 is 10.1 Å². The standard InChI is InChI=1S/C24H20FNO5/c25-15-9-11-16(12-10-15)30-14-22(23(27)28)26-24(29)31-13-21-19-7-3-1-5-17(19)18-6-2-4-8-20(18)21/h1-12,21-22H,13-14H2,(H,26,29)(H,27,28)/t22-/m0/s1. The third-order valence-corrected chi connectivity index (χ3v) is 5.16. The van der Waals surface area contributed by atoms with Gasteiger partial charge < -0.3 is 19.9 Å². The molecule has 4 rings (SSSR count). The van der Waals surface area contributed by atoms with E-state index in [0.717, 1.165) is 22.3 Å². The molecule has 0 saturated carbocycles. The van der Waals surface area contributed by atoms with Crippen molar-refractivity contribution in [1.82, 2.24) is 5.32 Å². The molecule has 0 aromatic heterocycles. The summed E-state index contributed by atoms with van der Waals surface area (Å²) >= 11 is 0. The quantitative estimate of drug-likeness (QED) is 0.597. The second-order valence-electron chi connectivity index (χ2n) is 7.13. The molecule has 6 nitrogen and oxygen atoms in total. The molecular weight excluding hydrogens is 401 g/mol. The Morgan fingerprint density at radius 3 is 2.10 bits per heavy atom. The minimum atomic E-state index is -1.32. The molecule has 0 fully saturated rings. The molecule has 0 spiro atoms. The van der Waals surface area contributed by atoms with Crippen molar-refractivity contribution in [2.75, 3.05) is 13.2 Å². The predicted molar refractivity (Wildman–Crippen MR) is 112 cm³/mol. The van der Waals surface area contributed by atoms with Crippen molar-refractivity contribution in [2.45, 2.75) is 12.0 Å². The van der Waals surface area contributed by atoms with Crippen LogP contribution >= 0.6 is 0 Å². The number of fused-ring (bicyclic) bond motifs is 3. The summed E-state index contributed by atoms with van der Waals surface area (Å²) in [5, 5.41) is 11.7. The third-order valence-electron chi connectivity index (χ3n) is 5.16. The molecule has 1 aliphatic rings. The first-order valence-corrected chi connectivity index (χ1v) is 9.75. The topological polar surface area (TPSA) is 84.9 Å². The van der Waals surface area contributed by atoms with E-state index in [9.17, 15) is 19.1 Å². The number of carbonyl (C=O) groups excluding carboxylic acids is 1. The van der Waals surface area contributed by atoms with Crippen LogP contribution in [0.2, 0.25) is 0 Å². The number of halogens is 1. The summed E-state index contributed by atoms with van der Waals surface area (Å²) in [6.07, 6.45) is -0.850. The van der Waals surface area contributed by atoms with Gasteiger partial charge in [-0.25, -0.2) is 14.0 Å². The fourth-order valence-electron chi connectivity index (χ4n) is 3.67. The summed E-state index contributed by atoms with van der Waals surface area (Å²) in [6, 6.07) is 19.7. The molecule has 1 amide bonds. The molecule has 1 atom stereocenters. The van der Waals surface area contributed by atoms with Crippen molar-refractivity contribution in [3.05, 3.63) is 89.7 Å². The van der Waals surface area contributed by atoms with Crippen molar-refractivity contribution in [3.8, 4) is 16.9 Å². The lowest BCUT2D eigenvalue weighted by atomic mass is 9.98. The number of carbonyl (C=O) groups is 2. The SMILES string of the molecule is O=C(N[C@@H](COc1ccc(F)cc1)C(=O)O)OCC1c2ccccc2-c2ccccc21. The van der Waals surface area contributed by atoms with Gasteiger partial charge in [-0.1, -0.05) is 48.5 Å². The number of amides is 1. The van der Waals surface area contributed by atoms with Crippen molar-refractivity contribution >= 4 is 12.1 Å². The molecule has 0 saturated heterocycles.